The zero-order valence-corrected chi connectivity index (χ0v) is 17.3. The van der Waals surface area contributed by atoms with Gasteiger partial charge in [0, 0.05) is 62.4 Å². The molecule has 0 saturated carbocycles. The highest BCUT2D eigenvalue weighted by atomic mass is 15.3. The molecule has 29 heavy (non-hydrogen) atoms. The Morgan fingerprint density at radius 1 is 0.793 bits per heavy atom. The van der Waals surface area contributed by atoms with Gasteiger partial charge in [-0.05, 0) is 43.1 Å². The van der Waals surface area contributed by atoms with Crippen LogP contribution in [0.5, 0.6) is 0 Å². The maximum Gasteiger partial charge on any atom is 0.0485 e. The monoisotopic (exact) mass is 388 g/mol. The van der Waals surface area contributed by atoms with Crippen LogP contribution >= 0.6 is 0 Å². The summed E-state index contributed by atoms with van der Waals surface area (Å²) in [6.45, 7) is 10.3. The third-order valence-corrected chi connectivity index (χ3v) is 6.61. The normalized spacial score (nSPS) is 18.2. The van der Waals surface area contributed by atoms with Gasteiger partial charge in [-0.25, -0.2) is 0 Å². The number of nitrogens with zero attached hydrogens (tertiary/aromatic N) is 3. The smallest absolute Gasteiger partial charge is 0.0485 e. The van der Waals surface area contributed by atoms with Crippen LogP contribution in [0.25, 0.3) is 10.9 Å². The summed E-state index contributed by atoms with van der Waals surface area (Å²) >= 11 is 0. The minimum Gasteiger partial charge on any atom is -0.343 e. The minimum atomic E-state index is 1.02. The largest absolute Gasteiger partial charge is 0.343 e. The van der Waals surface area contributed by atoms with Crippen LogP contribution in [0.4, 0.5) is 0 Å². The van der Waals surface area contributed by atoms with Crippen LogP contribution in [0.3, 0.4) is 0 Å². The molecule has 0 aliphatic carbocycles. The topological polar surface area (TPSA) is 23.4 Å². The summed E-state index contributed by atoms with van der Waals surface area (Å²) in [5.74, 6) is 0. The minimum absolute atomic E-state index is 1.02. The first-order chi connectivity index (χ1) is 14.4. The molecule has 4 heteroatoms. The Kier molecular flexibility index (Phi) is 5.66. The Labute approximate surface area is 174 Å². The van der Waals surface area contributed by atoms with Crippen LogP contribution in [-0.4, -0.2) is 53.6 Å². The maximum absolute atomic E-state index is 3.57. The van der Waals surface area contributed by atoms with Crippen LogP contribution in [0.15, 0.2) is 54.6 Å². The van der Waals surface area contributed by atoms with Gasteiger partial charge in [0.25, 0.3) is 0 Å². The Hall–Kier alpha value is -2.14. The fourth-order valence-corrected chi connectivity index (χ4v) is 5.05. The second-order valence-electron chi connectivity index (χ2n) is 8.48. The van der Waals surface area contributed by atoms with Crippen LogP contribution in [0.1, 0.15) is 23.2 Å². The number of rotatable bonds is 6. The number of para-hydroxylation sites is 1. The van der Waals surface area contributed by atoms with Gasteiger partial charge in [-0.15, -0.1) is 0 Å². The van der Waals surface area contributed by atoms with E-state index >= 15 is 0 Å². The van der Waals surface area contributed by atoms with E-state index in [4.69, 9.17) is 0 Å². The molecule has 3 aromatic rings. The average Bonchev–Trinajstić information content (AvgIpc) is 3.10. The molecule has 1 fully saturated rings. The summed E-state index contributed by atoms with van der Waals surface area (Å²) in [5.41, 5.74) is 5.95. The van der Waals surface area contributed by atoms with Gasteiger partial charge in [-0.1, -0.05) is 48.5 Å². The van der Waals surface area contributed by atoms with Crippen molar-refractivity contribution in [1.29, 1.82) is 0 Å². The number of aromatic nitrogens is 1. The Bertz CT molecular complexity index is 938. The van der Waals surface area contributed by atoms with E-state index in [2.05, 4.69) is 74.3 Å². The predicted molar refractivity (Wildman–Crippen MR) is 120 cm³/mol. The van der Waals surface area contributed by atoms with Gasteiger partial charge in [-0.2, -0.15) is 0 Å². The first kappa shape index (κ1) is 18.9. The number of fused-ring (bicyclic) bond motifs is 3. The quantitative estimate of drug-likeness (QED) is 0.699. The molecule has 0 bridgehead atoms. The molecule has 2 aromatic carbocycles. The van der Waals surface area contributed by atoms with Crippen LogP contribution < -0.4 is 5.32 Å². The molecular weight excluding hydrogens is 356 g/mol. The predicted octanol–water partition coefficient (Wildman–Crippen LogP) is 3.49. The molecule has 4 nitrogen and oxygen atoms in total. The van der Waals surface area contributed by atoms with E-state index in [-0.39, 0.29) is 0 Å². The molecule has 0 unspecified atom stereocenters. The zero-order chi connectivity index (χ0) is 19.5. The van der Waals surface area contributed by atoms with Crippen molar-refractivity contribution >= 4 is 10.9 Å². The Morgan fingerprint density at radius 2 is 1.55 bits per heavy atom. The molecule has 2 aliphatic heterocycles. The van der Waals surface area contributed by atoms with E-state index in [0.717, 1.165) is 32.6 Å². The summed E-state index contributed by atoms with van der Waals surface area (Å²) in [6.07, 6.45) is 2.38. The molecule has 0 spiro atoms. The summed E-state index contributed by atoms with van der Waals surface area (Å²) in [5, 5.41) is 5.04. The van der Waals surface area contributed by atoms with Crippen molar-refractivity contribution in [3.05, 3.63) is 71.4 Å². The standard InChI is InChI=1S/C25H32N4/c1-2-7-21(8-3-1)20-28-17-15-27(16-18-28)13-6-14-29-24-10-5-4-9-22(24)23-11-12-26-19-25(23)29/h1-5,7-10,26H,6,11-20H2. The van der Waals surface area contributed by atoms with Gasteiger partial charge in [0.05, 0.1) is 0 Å². The Balaban J connectivity index is 1.16. The van der Waals surface area contributed by atoms with E-state index in [1.807, 2.05) is 0 Å². The van der Waals surface area contributed by atoms with Crippen molar-refractivity contribution in [3.8, 4) is 0 Å². The molecule has 2 aliphatic rings. The second kappa shape index (κ2) is 8.70. The third-order valence-electron chi connectivity index (χ3n) is 6.61. The average molecular weight is 389 g/mol. The van der Waals surface area contributed by atoms with Crippen LogP contribution in [-0.2, 0) is 26.1 Å². The van der Waals surface area contributed by atoms with E-state index in [9.17, 15) is 0 Å². The summed E-state index contributed by atoms with van der Waals surface area (Å²) in [4.78, 5) is 5.24. The molecule has 152 valence electrons. The number of aryl methyl sites for hydroxylation is 1. The van der Waals surface area contributed by atoms with E-state index < -0.39 is 0 Å². The first-order valence-corrected chi connectivity index (χ1v) is 11.2. The zero-order valence-electron chi connectivity index (χ0n) is 17.3. The molecule has 0 amide bonds. The molecule has 1 aromatic heterocycles. The van der Waals surface area contributed by atoms with Gasteiger partial charge in [-0.3, -0.25) is 4.90 Å². The van der Waals surface area contributed by atoms with Crippen molar-refractivity contribution < 1.29 is 0 Å². The highest BCUT2D eigenvalue weighted by molar-refractivity contribution is 5.85. The summed E-state index contributed by atoms with van der Waals surface area (Å²) < 4.78 is 2.59. The lowest BCUT2D eigenvalue weighted by Crippen LogP contribution is -2.46. The lowest BCUT2D eigenvalue weighted by molar-refractivity contribution is 0.125. The number of hydrogen-bond donors (Lipinski definition) is 1. The van der Waals surface area contributed by atoms with Gasteiger partial charge in [0.1, 0.15) is 0 Å². The van der Waals surface area contributed by atoms with Crippen molar-refractivity contribution in [2.24, 2.45) is 0 Å². The third kappa shape index (κ3) is 4.11. The molecule has 0 atom stereocenters. The molecule has 0 radical (unpaired) electrons. The van der Waals surface area contributed by atoms with Gasteiger partial charge < -0.3 is 14.8 Å². The second-order valence-corrected chi connectivity index (χ2v) is 8.48. The van der Waals surface area contributed by atoms with Crippen molar-refractivity contribution in [1.82, 2.24) is 19.7 Å². The van der Waals surface area contributed by atoms with E-state index in [0.29, 0.717) is 0 Å². The van der Waals surface area contributed by atoms with Crippen LogP contribution in [0.2, 0.25) is 0 Å². The van der Waals surface area contributed by atoms with Crippen molar-refractivity contribution in [2.45, 2.75) is 32.5 Å². The lowest BCUT2D eigenvalue weighted by atomic mass is 10.1. The highest BCUT2D eigenvalue weighted by Crippen LogP contribution is 2.28. The molecule has 1 saturated heterocycles. The highest BCUT2D eigenvalue weighted by Gasteiger charge is 2.20. The van der Waals surface area contributed by atoms with Gasteiger partial charge >= 0.3 is 0 Å². The number of piperazine rings is 1. The van der Waals surface area contributed by atoms with Crippen molar-refractivity contribution in [3.63, 3.8) is 0 Å². The van der Waals surface area contributed by atoms with E-state index in [1.165, 1.54) is 61.3 Å². The summed E-state index contributed by atoms with van der Waals surface area (Å²) in [6, 6.07) is 19.8. The fraction of sp³-hybridized carbons (Fsp3) is 0.440. The summed E-state index contributed by atoms with van der Waals surface area (Å²) in [7, 11) is 0. The first-order valence-electron chi connectivity index (χ1n) is 11.2. The number of nitrogens with one attached hydrogen (secondary N) is 1. The molecule has 1 N–H and O–H groups in total. The molecule has 5 rings (SSSR count). The molecular formula is C25H32N4. The number of hydrogen-bond acceptors (Lipinski definition) is 3. The maximum atomic E-state index is 3.57. The molecule has 3 heterocycles. The fourth-order valence-electron chi connectivity index (χ4n) is 5.05. The SMILES string of the molecule is c1ccc(CN2CCN(CCCn3c4c(c5ccccc53)CCNC4)CC2)cc1. The number of benzene rings is 2. The van der Waals surface area contributed by atoms with E-state index in [1.54, 1.807) is 5.56 Å². The van der Waals surface area contributed by atoms with Crippen molar-refractivity contribution in [2.75, 3.05) is 39.3 Å². The van der Waals surface area contributed by atoms with Crippen LogP contribution in [0, 0.1) is 0 Å². The Morgan fingerprint density at radius 3 is 2.41 bits per heavy atom. The van der Waals surface area contributed by atoms with Gasteiger partial charge in [0.2, 0.25) is 0 Å². The van der Waals surface area contributed by atoms with Gasteiger partial charge in [0.15, 0.2) is 0 Å². The lowest BCUT2D eigenvalue weighted by Gasteiger charge is -2.34.